The van der Waals surface area contributed by atoms with E-state index in [2.05, 4.69) is 48.5 Å². The summed E-state index contributed by atoms with van der Waals surface area (Å²) in [4.78, 5) is 0. The topological polar surface area (TPSA) is 0 Å². The Morgan fingerprint density at radius 2 is 0.769 bits per heavy atom. The molecule has 2 aromatic carbocycles. The molecule has 0 atom stereocenters. The summed E-state index contributed by atoms with van der Waals surface area (Å²) in [5, 5.41) is 0. The molecule has 0 nitrogen and oxygen atoms in total. The molecule has 0 fully saturated rings. The molecule has 66 valence electrons. The first-order valence-electron chi connectivity index (χ1n) is 4.07. The number of hydrogen-bond acceptors (Lipinski definition) is 0. The van der Waals surface area contributed by atoms with Crippen molar-refractivity contribution in [2.24, 2.45) is 0 Å². The molecular formula is C12H10Ru. The molecule has 0 saturated carbocycles. The van der Waals surface area contributed by atoms with E-state index in [0.29, 0.717) is 0 Å². The molecule has 1 heteroatoms. The van der Waals surface area contributed by atoms with Crippen molar-refractivity contribution in [3.05, 3.63) is 60.7 Å². The van der Waals surface area contributed by atoms with Gasteiger partial charge in [0.15, 0.2) is 0 Å². The van der Waals surface area contributed by atoms with Crippen molar-refractivity contribution in [3.63, 3.8) is 0 Å². The summed E-state index contributed by atoms with van der Waals surface area (Å²) in [5.41, 5.74) is 2.55. The molecule has 2 aromatic rings. The van der Waals surface area contributed by atoms with E-state index in [0.717, 1.165) is 0 Å². The van der Waals surface area contributed by atoms with Gasteiger partial charge in [-0.1, -0.05) is 60.7 Å². The van der Waals surface area contributed by atoms with Gasteiger partial charge in [-0.2, -0.15) is 0 Å². The molecule has 0 aliphatic heterocycles. The molecule has 0 saturated heterocycles. The molecule has 2 rings (SSSR count). The van der Waals surface area contributed by atoms with E-state index in [1.165, 1.54) is 11.1 Å². The Balaban J connectivity index is 0.000000845. The zero-order valence-corrected chi connectivity index (χ0v) is 8.87. The predicted octanol–water partition coefficient (Wildman–Crippen LogP) is 3.35. The van der Waals surface area contributed by atoms with Crippen molar-refractivity contribution in [1.82, 2.24) is 0 Å². The Bertz CT molecular complexity index is 303. The van der Waals surface area contributed by atoms with E-state index in [1.807, 2.05) is 12.1 Å². The number of rotatable bonds is 1. The summed E-state index contributed by atoms with van der Waals surface area (Å²) >= 11 is 0. The minimum absolute atomic E-state index is 0. The van der Waals surface area contributed by atoms with Gasteiger partial charge in [-0.3, -0.25) is 0 Å². The van der Waals surface area contributed by atoms with Gasteiger partial charge in [0.2, 0.25) is 0 Å². The van der Waals surface area contributed by atoms with Gasteiger partial charge in [-0.25, -0.2) is 0 Å². The van der Waals surface area contributed by atoms with Crippen molar-refractivity contribution < 1.29 is 19.5 Å². The second-order valence-electron chi connectivity index (χ2n) is 2.73. The van der Waals surface area contributed by atoms with Gasteiger partial charge in [0.1, 0.15) is 0 Å². The molecule has 0 aliphatic carbocycles. The maximum absolute atomic E-state index is 2.12. The number of benzene rings is 2. The third-order valence-electron chi connectivity index (χ3n) is 1.88. The second kappa shape index (κ2) is 4.94. The maximum atomic E-state index is 2.12. The Morgan fingerprint density at radius 3 is 1.08 bits per heavy atom. The first kappa shape index (κ1) is 10.1. The van der Waals surface area contributed by atoms with Crippen LogP contribution in [0.2, 0.25) is 0 Å². The molecule has 0 aliphatic rings. The van der Waals surface area contributed by atoms with Gasteiger partial charge in [-0.05, 0) is 11.1 Å². The third kappa shape index (κ3) is 2.50. The zero-order chi connectivity index (χ0) is 8.23. The summed E-state index contributed by atoms with van der Waals surface area (Å²) in [6.45, 7) is 0. The molecule has 0 heterocycles. The molecule has 0 radical (unpaired) electrons. The molecule has 0 spiro atoms. The Hall–Kier alpha value is -0.937. The Morgan fingerprint density at radius 1 is 0.462 bits per heavy atom. The van der Waals surface area contributed by atoms with Gasteiger partial charge in [0, 0.05) is 19.5 Å². The summed E-state index contributed by atoms with van der Waals surface area (Å²) in [7, 11) is 0. The molecule has 0 aromatic heterocycles. The van der Waals surface area contributed by atoms with Crippen LogP contribution < -0.4 is 0 Å². The van der Waals surface area contributed by atoms with Crippen LogP contribution in [0, 0.1) is 0 Å². The molecular weight excluding hydrogens is 245 g/mol. The average Bonchev–Trinajstić information content (AvgIpc) is 2.21. The first-order chi connectivity index (χ1) is 5.97. The fraction of sp³-hybridized carbons (Fsp3) is 0. The molecule has 0 amide bonds. The zero-order valence-electron chi connectivity index (χ0n) is 7.13. The van der Waals surface area contributed by atoms with E-state index in [4.69, 9.17) is 0 Å². The standard InChI is InChI=1S/C12H10.Ru/c1-3-7-11(8-4-1)12-9-5-2-6-10-12;/h1-10H;. The van der Waals surface area contributed by atoms with Crippen LogP contribution >= 0.6 is 0 Å². The van der Waals surface area contributed by atoms with Gasteiger partial charge >= 0.3 is 0 Å². The van der Waals surface area contributed by atoms with E-state index in [-0.39, 0.29) is 19.5 Å². The van der Waals surface area contributed by atoms with Crippen LogP contribution in [0.4, 0.5) is 0 Å². The Labute approximate surface area is 91.4 Å². The molecule has 0 bridgehead atoms. The van der Waals surface area contributed by atoms with Crippen LogP contribution in [0.5, 0.6) is 0 Å². The third-order valence-corrected chi connectivity index (χ3v) is 1.88. The molecule has 13 heavy (non-hydrogen) atoms. The van der Waals surface area contributed by atoms with Gasteiger partial charge in [0.25, 0.3) is 0 Å². The smallest absolute Gasteiger partial charge is 0 e. The average molecular weight is 255 g/mol. The molecule has 0 unspecified atom stereocenters. The fourth-order valence-corrected chi connectivity index (χ4v) is 1.26. The normalized spacial score (nSPS) is 8.92. The van der Waals surface area contributed by atoms with Crippen molar-refractivity contribution in [3.8, 4) is 11.1 Å². The minimum Gasteiger partial charge on any atom is -0.0622 e. The quantitative estimate of drug-likeness (QED) is 0.685. The summed E-state index contributed by atoms with van der Waals surface area (Å²) in [6.07, 6.45) is 0. The van der Waals surface area contributed by atoms with Crippen LogP contribution in [0.25, 0.3) is 11.1 Å². The number of hydrogen-bond donors (Lipinski definition) is 0. The van der Waals surface area contributed by atoms with Crippen LogP contribution in [0.15, 0.2) is 60.7 Å². The second-order valence-corrected chi connectivity index (χ2v) is 2.73. The van der Waals surface area contributed by atoms with Gasteiger partial charge in [0.05, 0.1) is 0 Å². The van der Waals surface area contributed by atoms with E-state index in [9.17, 15) is 0 Å². The molecule has 0 N–H and O–H groups in total. The summed E-state index contributed by atoms with van der Waals surface area (Å²) < 4.78 is 0. The van der Waals surface area contributed by atoms with Crippen molar-refractivity contribution in [2.75, 3.05) is 0 Å². The summed E-state index contributed by atoms with van der Waals surface area (Å²) in [6, 6.07) is 20.8. The van der Waals surface area contributed by atoms with E-state index < -0.39 is 0 Å². The predicted molar refractivity (Wildman–Crippen MR) is 51.9 cm³/mol. The minimum atomic E-state index is 0. The van der Waals surface area contributed by atoms with Crippen LogP contribution in [0.1, 0.15) is 0 Å². The van der Waals surface area contributed by atoms with Crippen molar-refractivity contribution in [2.45, 2.75) is 0 Å². The summed E-state index contributed by atoms with van der Waals surface area (Å²) in [5.74, 6) is 0. The van der Waals surface area contributed by atoms with Gasteiger partial charge in [-0.15, -0.1) is 0 Å². The van der Waals surface area contributed by atoms with Gasteiger partial charge < -0.3 is 0 Å². The van der Waals surface area contributed by atoms with Crippen molar-refractivity contribution in [1.29, 1.82) is 0 Å². The van der Waals surface area contributed by atoms with E-state index in [1.54, 1.807) is 0 Å². The van der Waals surface area contributed by atoms with Crippen LogP contribution in [-0.4, -0.2) is 0 Å². The maximum Gasteiger partial charge on any atom is 0 e. The van der Waals surface area contributed by atoms with Crippen LogP contribution in [0.3, 0.4) is 0 Å². The monoisotopic (exact) mass is 256 g/mol. The van der Waals surface area contributed by atoms with Crippen LogP contribution in [-0.2, 0) is 19.5 Å². The fourth-order valence-electron chi connectivity index (χ4n) is 1.26. The Kier molecular flexibility index (Phi) is 3.85. The van der Waals surface area contributed by atoms with E-state index >= 15 is 0 Å². The van der Waals surface area contributed by atoms with Crippen molar-refractivity contribution >= 4 is 0 Å². The SMILES string of the molecule is [Ru].c1ccc(-c2ccccc2)cc1. The largest absolute Gasteiger partial charge is 0.0622 e. The first-order valence-corrected chi connectivity index (χ1v) is 4.07.